The molecule has 0 aromatic heterocycles. The van der Waals surface area contributed by atoms with Crippen molar-refractivity contribution in [2.45, 2.75) is 76.3 Å². The Kier molecular flexibility index (Phi) is 3.18. The van der Waals surface area contributed by atoms with E-state index in [1.54, 1.807) is 0 Å². The number of hydrogen-bond acceptors (Lipinski definition) is 4. The second kappa shape index (κ2) is 4.92. The standard InChI is InChI=1S/C18H32N4/c1-18(2)11-7-10-20-15-14-13(6-4-8-19-14)22(16(11)15)17-12(18)5-3-9-21-17/h11-17,19-21H,3-10H2,1-2H3. The van der Waals surface area contributed by atoms with E-state index in [4.69, 9.17) is 0 Å². The topological polar surface area (TPSA) is 39.3 Å². The molecule has 5 heterocycles. The summed E-state index contributed by atoms with van der Waals surface area (Å²) in [4.78, 5) is 2.97. The minimum absolute atomic E-state index is 0.479. The van der Waals surface area contributed by atoms with Gasteiger partial charge in [0.2, 0.25) is 0 Å². The lowest BCUT2D eigenvalue weighted by Gasteiger charge is -2.61. The van der Waals surface area contributed by atoms with Crippen molar-refractivity contribution in [3.8, 4) is 0 Å². The third kappa shape index (κ3) is 1.73. The van der Waals surface area contributed by atoms with Crippen LogP contribution in [-0.2, 0) is 0 Å². The van der Waals surface area contributed by atoms with Crippen LogP contribution in [-0.4, -0.2) is 54.9 Å². The molecule has 3 N–H and O–H groups in total. The summed E-state index contributed by atoms with van der Waals surface area (Å²) in [5.41, 5.74) is 0.479. The molecule has 124 valence electrons. The maximum atomic E-state index is 3.94. The highest BCUT2D eigenvalue weighted by Crippen LogP contribution is 2.55. The summed E-state index contributed by atoms with van der Waals surface area (Å²) in [6, 6.07) is 2.86. The number of nitrogens with zero attached hydrogens (tertiary/aromatic N) is 1. The Morgan fingerprint density at radius 3 is 2.50 bits per heavy atom. The lowest BCUT2D eigenvalue weighted by atomic mass is 9.58. The first-order valence-corrected chi connectivity index (χ1v) is 9.67. The number of nitrogens with one attached hydrogen (secondary N) is 3. The predicted molar refractivity (Wildman–Crippen MR) is 88.6 cm³/mol. The fraction of sp³-hybridized carbons (Fsp3) is 1.00. The van der Waals surface area contributed by atoms with Crippen LogP contribution in [0, 0.1) is 17.3 Å². The molecule has 4 heteroatoms. The highest BCUT2D eigenvalue weighted by molar-refractivity contribution is 5.19. The SMILES string of the molecule is CC1(C)C2CCCNC2N2C3CCCNC3C3NCCC1C32. The lowest BCUT2D eigenvalue weighted by molar-refractivity contribution is -0.125. The fourth-order valence-corrected chi connectivity index (χ4v) is 6.94. The second-order valence-electron chi connectivity index (χ2n) is 8.97. The number of fused-ring (bicyclic) bond motifs is 5. The van der Waals surface area contributed by atoms with Gasteiger partial charge in [-0.05, 0) is 69.0 Å². The zero-order valence-corrected chi connectivity index (χ0v) is 14.1. The molecule has 7 atom stereocenters. The molecule has 0 amide bonds. The van der Waals surface area contributed by atoms with E-state index in [9.17, 15) is 0 Å². The maximum absolute atomic E-state index is 3.94. The molecule has 0 aromatic carbocycles. The van der Waals surface area contributed by atoms with Crippen molar-refractivity contribution in [3.63, 3.8) is 0 Å². The van der Waals surface area contributed by atoms with Crippen LogP contribution in [0.1, 0.15) is 46.0 Å². The fourth-order valence-electron chi connectivity index (χ4n) is 6.94. The van der Waals surface area contributed by atoms with Gasteiger partial charge in [0.1, 0.15) is 0 Å². The second-order valence-corrected chi connectivity index (χ2v) is 8.97. The normalized spacial score (nSPS) is 53.5. The summed E-state index contributed by atoms with van der Waals surface area (Å²) in [6.07, 6.45) is 7.53. The molecule has 5 rings (SSSR count). The number of rotatable bonds is 0. The molecule has 0 radical (unpaired) electrons. The van der Waals surface area contributed by atoms with E-state index in [-0.39, 0.29) is 0 Å². The van der Waals surface area contributed by atoms with Crippen LogP contribution in [0.3, 0.4) is 0 Å². The quantitative estimate of drug-likeness (QED) is 0.627. The summed E-state index contributed by atoms with van der Waals surface area (Å²) in [5.74, 6) is 1.70. The average Bonchev–Trinajstić information content (AvgIpc) is 2.88. The Labute approximate surface area is 134 Å². The first-order valence-electron chi connectivity index (χ1n) is 9.67. The minimum atomic E-state index is 0.479. The summed E-state index contributed by atoms with van der Waals surface area (Å²) in [7, 11) is 0. The first-order chi connectivity index (χ1) is 10.7. The molecule has 4 nitrogen and oxygen atoms in total. The summed E-state index contributed by atoms with van der Waals surface area (Å²) < 4.78 is 0. The molecule has 5 saturated heterocycles. The van der Waals surface area contributed by atoms with Gasteiger partial charge in [-0.3, -0.25) is 4.90 Å². The van der Waals surface area contributed by atoms with Crippen LogP contribution in [0.25, 0.3) is 0 Å². The Bertz CT molecular complexity index is 450. The third-order valence-electron chi connectivity index (χ3n) is 7.86. The number of piperidine rings is 4. The van der Waals surface area contributed by atoms with E-state index < -0.39 is 0 Å². The molecule has 7 unspecified atom stereocenters. The van der Waals surface area contributed by atoms with Gasteiger partial charge < -0.3 is 16.0 Å². The molecule has 0 aliphatic carbocycles. The highest BCUT2D eigenvalue weighted by Gasteiger charge is 2.63. The van der Waals surface area contributed by atoms with Crippen molar-refractivity contribution in [3.05, 3.63) is 0 Å². The van der Waals surface area contributed by atoms with Gasteiger partial charge in [0.05, 0.1) is 6.17 Å². The summed E-state index contributed by atoms with van der Waals surface area (Å²) in [6.45, 7) is 8.82. The predicted octanol–water partition coefficient (Wildman–Crippen LogP) is 1.13. The molecule has 0 spiro atoms. The largest absolute Gasteiger partial charge is 0.311 e. The van der Waals surface area contributed by atoms with Crippen molar-refractivity contribution in [2.24, 2.45) is 17.3 Å². The van der Waals surface area contributed by atoms with Gasteiger partial charge >= 0.3 is 0 Å². The molecule has 5 aliphatic heterocycles. The van der Waals surface area contributed by atoms with Crippen LogP contribution in [0.4, 0.5) is 0 Å². The Balaban J connectivity index is 1.59. The Morgan fingerprint density at radius 2 is 1.59 bits per heavy atom. The lowest BCUT2D eigenvalue weighted by Crippen LogP contribution is -2.71. The molecular formula is C18H32N4. The Hall–Kier alpha value is -0.160. The van der Waals surface area contributed by atoms with E-state index in [2.05, 4.69) is 34.7 Å². The molecule has 5 fully saturated rings. The van der Waals surface area contributed by atoms with Crippen LogP contribution < -0.4 is 16.0 Å². The third-order valence-corrected chi connectivity index (χ3v) is 7.86. The highest BCUT2D eigenvalue weighted by atomic mass is 15.4. The minimum Gasteiger partial charge on any atom is -0.311 e. The average molecular weight is 304 g/mol. The van der Waals surface area contributed by atoms with Crippen molar-refractivity contribution in [2.75, 3.05) is 19.6 Å². The van der Waals surface area contributed by atoms with Crippen molar-refractivity contribution >= 4 is 0 Å². The summed E-state index contributed by atoms with van der Waals surface area (Å²) in [5, 5.41) is 11.7. The van der Waals surface area contributed by atoms with Crippen LogP contribution in [0.15, 0.2) is 0 Å². The van der Waals surface area contributed by atoms with Gasteiger partial charge in [0.15, 0.2) is 0 Å². The molecule has 5 aliphatic rings. The van der Waals surface area contributed by atoms with E-state index in [0.29, 0.717) is 23.7 Å². The van der Waals surface area contributed by atoms with E-state index in [1.165, 1.54) is 51.7 Å². The smallest absolute Gasteiger partial charge is 0.0637 e. The van der Waals surface area contributed by atoms with Crippen molar-refractivity contribution < 1.29 is 0 Å². The zero-order chi connectivity index (χ0) is 14.9. The Morgan fingerprint density at radius 1 is 0.818 bits per heavy atom. The monoisotopic (exact) mass is 304 g/mol. The van der Waals surface area contributed by atoms with Gasteiger partial charge in [-0.1, -0.05) is 13.8 Å². The molecule has 0 aromatic rings. The van der Waals surface area contributed by atoms with E-state index in [1.807, 2.05) is 0 Å². The zero-order valence-electron chi connectivity index (χ0n) is 14.1. The van der Waals surface area contributed by atoms with Crippen molar-refractivity contribution in [1.82, 2.24) is 20.9 Å². The van der Waals surface area contributed by atoms with Crippen LogP contribution in [0.2, 0.25) is 0 Å². The van der Waals surface area contributed by atoms with Gasteiger partial charge in [-0.25, -0.2) is 0 Å². The van der Waals surface area contributed by atoms with Gasteiger partial charge in [-0.2, -0.15) is 0 Å². The van der Waals surface area contributed by atoms with E-state index >= 15 is 0 Å². The molecule has 0 saturated carbocycles. The first kappa shape index (κ1) is 14.2. The van der Waals surface area contributed by atoms with Crippen molar-refractivity contribution in [1.29, 1.82) is 0 Å². The number of hydrogen-bond donors (Lipinski definition) is 3. The summed E-state index contributed by atoms with van der Waals surface area (Å²) >= 11 is 0. The molecule has 0 bridgehead atoms. The maximum Gasteiger partial charge on any atom is 0.0637 e. The van der Waals surface area contributed by atoms with Crippen LogP contribution in [0.5, 0.6) is 0 Å². The van der Waals surface area contributed by atoms with E-state index in [0.717, 1.165) is 23.9 Å². The molecule has 22 heavy (non-hydrogen) atoms. The van der Waals surface area contributed by atoms with Crippen LogP contribution >= 0.6 is 0 Å². The van der Waals surface area contributed by atoms with Gasteiger partial charge in [-0.15, -0.1) is 0 Å². The van der Waals surface area contributed by atoms with Gasteiger partial charge in [0.25, 0.3) is 0 Å². The molecular weight excluding hydrogens is 272 g/mol. The van der Waals surface area contributed by atoms with Gasteiger partial charge in [0, 0.05) is 24.2 Å².